The second-order valence-electron chi connectivity index (χ2n) is 3.42. The van der Waals surface area contributed by atoms with Gasteiger partial charge in [-0.1, -0.05) is 33.6 Å². The molecule has 0 aliphatic carbocycles. The summed E-state index contributed by atoms with van der Waals surface area (Å²) in [5.74, 6) is 0.317. The number of ether oxygens (including phenoxy) is 1. The first-order valence-electron chi connectivity index (χ1n) is 4.70. The Labute approximate surface area is 75.3 Å². The lowest BCUT2D eigenvalue weighted by molar-refractivity contribution is -0.132. The van der Waals surface area contributed by atoms with Gasteiger partial charge in [-0.3, -0.25) is 4.79 Å². The SMILES string of the molecule is CCCCC(OC)C(=O)C(C)C. The smallest absolute Gasteiger partial charge is 0.164 e. The summed E-state index contributed by atoms with van der Waals surface area (Å²) in [6.45, 7) is 5.95. The Morgan fingerprint density at radius 1 is 1.42 bits per heavy atom. The summed E-state index contributed by atoms with van der Waals surface area (Å²) in [6, 6.07) is 0. The van der Waals surface area contributed by atoms with E-state index in [1.807, 2.05) is 13.8 Å². The number of Topliss-reactive ketones (excluding diaryl/α,β-unsaturated/α-hetero) is 1. The van der Waals surface area contributed by atoms with E-state index in [0.717, 1.165) is 19.3 Å². The van der Waals surface area contributed by atoms with Crippen molar-refractivity contribution in [3.63, 3.8) is 0 Å². The average Bonchev–Trinajstić information content (AvgIpc) is 2.05. The maximum Gasteiger partial charge on any atom is 0.164 e. The van der Waals surface area contributed by atoms with Crippen LogP contribution in [0.15, 0.2) is 0 Å². The summed E-state index contributed by atoms with van der Waals surface area (Å²) < 4.78 is 5.13. The van der Waals surface area contributed by atoms with Crippen molar-refractivity contribution >= 4 is 5.78 Å². The highest BCUT2D eigenvalue weighted by atomic mass is 16.5. The second-order valence-corrected chi connectivity index (χ2v) is 3.42. The second kappa shape index (κ2) is 6.18. The van der Waals surface area contributed by atoms with Crippen molar-refractivity contribution in [2.45, 2.75) is 46.1 Å². The summed E-state index contributed by atoms with van der Waals surface area (Å²) in [6.07, 6.45) is 2.87. The zero-order valence-electron chi connectivity index (χ0n) is 8.59. The zero-order valence-corrected chi connectivity index (χ0v) is 8.59. The summed E-state index contributed by atoms with van der Waals surface area (Å²) in [4.78, 5) is 11.5. The van der Waals surface area contributed by atoms with Gasteiger partial charge < -0.3 is 4.74 Å². The number of hydrogen-bond donors (Lipinski definition) is 0. The van der Waals surface area contributed by atoms with Gasteiger partial charge in [0.1, 0.15) is 6.10 Å². The van der Waals surface area contributed by atoms with E-state index in [0.29, 0.717) is 0 Å². The molecule has 0 aliphatic rings. The molecule has 0 aromatic carbocycles. The summed E-state index contributed by atoms with van der Waals surface area (Å²) in [7, 11) is 1.61. The largest absolute Gasteiger partial charge is 0.374 e. The Bertz CT molecular complexity index is 130. The van der Waals surface area contributed by atoms with Crippen LogP contribution >= 0.6 is 0 Å². The number of carbonyl (C=O) groups is 1. The van der Waals surface area contributed by atoms with Gasteiger partial charge in [0.05, 0.1) is 0 Å². The number of rotatable bonds is 6. The Kier molecular flexibility index (Phi) is 5.99. The summed E-state index contributed by atoms with van der Waals surface area (Å²) in [5, 5.41) is 0. The van der Waals surface area contributed by atoms with Gasteiger partial charge in [-0.2, -0.15) is 0 Å². The van der Waals surface area contributed by atoms with Gasteiger partial charge in [0.2, 0.25) is 0 Å². The van der Waals surface area contributed by atoms with E-state index in [4.69, 9.17) is 4.74 Å². The molecule has 12 heavy (non-hydrogen) atoms. The average molecular weight is 172 g/mol. The predicted molar refractivity (Wildman–Crippen MR) is 50.2 cm³/mol. The Morgan fingerprint density at radius 3 is 2.33 bits per heavy atom. The molecular formula is C10H20O2. The van der Waals surface area contributed by atoms with Gasteiger partial charge in [-0.25, -0.2) is 0 Å². The van der Waals surface area contributed by atoms with Crippen molar-refractivity contribution in [2.24, 2.45) is 5.92 Å². The van der Waals surface area contributed by atoms with E-state index in [2.05, 4.69) is 6.92 Å². The monoisotopic (exact) mass is 172 g/mol. The van der Waals surface area contributed by atoms with Crippen LogP contribution < -0.4 is 0 Å². The van der Waals surface area contributed by atoms with Crippen molar-refractivity contribution in [2.75, 3.05) is 7.11 Å². The fourth-order valence-electron chi connectivity index (χ4n) is 1.14. The lowest BCUT2D eigenvalue weighted by Crippen LogP contribution is -2.27. The Balaban J connectivity index is 3.88. The van der Waals surface area contributed by atoms with E-state index in [-0.39, 0.29) is 17.8 Å². The first kappa shape index (κ1) is 11.6. The minimum absolute atomic E-state index is 0.0896. The maximum atomic E-state index is 11.5. The predicted octanol–water partition coefficient (Wildman–Crippen LogP) is 2.42. The Morgan fingerprint density at radius 2 is 2.00 bits per heavy atom. The first-order chi connectivity index (χ1) is 5.63. The van der Waals surface area contributed by atoms with Crippen LogP contribution in [-0.2, 0) is 9.53 Å². The molecule has 0 heterocycles. The molecule has 1 atom stereocenters. The van der Waals surface area contributed by atoms with Crippen molar-refractivity contribution in [3.05, 3.63) is 0 Å². The maximum absolute atomic E-state index is 11.5. The zero-order chi connectivity index (χ0) is 9.56. The molecule has 2 heteroatoms. The lowest BCUT2D eigenvalue weighted by Gasteiger charge is -2.15. The number of hydrogen-bond acceptors (Lipinski definition) is 2. The lowest BCUT2D eigenvalue weighted by atomic mass is 10.00. The fourth-order valence-corrected chi connectivity index (χ4v) is 1.14. The number of unbranched alkanes of at least 4 members (excludes halogenated alkanes) is 1. The highest BCUT2D eigenvalue weighted by Gasteiger charge is 2.19. The van der Waals surface area contributed by atoms with Gasteiger partial charge >= 0.3 is 0 Å². The highest BCUT2D eigenvalue weighted by molar-refractivity contribution is 5.84. The minimum atomic E-state index is -0.176. The molecule has 2 nitrogen and oxygen atoms in total. The third-order valence-corrected chi connectivity index (χ3v) is 1.99. The topological polar surface area (TPSA) is 26.3 Å². The van der Waals surface area contributed by atoms with E-state index < -0.39 is 0 Å². The van der Waals surface area contributed by atoms with Crippen molar-refractivity contribution < 1.29 is 9.53 Å². The van der Waals surface area contributed by atoms with E-state index >= 15 is 0 Å². The van der Waals surface area contributed by atoms with E-state index in [9.17, 15) is 4.79 Å². The molecule has 0 aromatic rings. The molecule has 0 aromatic heterocycles. The van der Waals surface area contributed by atoms with Crippen LogP contribution in [0.4, 0.5) is 0 Å². The highest BCUT2D eigenvalue weighted by Crippen LogP contribution is 2.09. The molecule has 0 saturated carbocycles. The molecular weight excluding hydrogens is 152 g/mol. The third kappa shape index (κ3) is 3.86. The standard InChI is InChI=1S/C10H20O2/c1-5-6-7-9(12-4)10(11)8(2)3/h8-9H,5-7H2,1-4H3. The van der Waals surface area contributed by atoms with Gasteiger partial charge in [0, 0.05) is 13.0 Å². The molecule has 0 rings (SSSR count). The van der Waals surface area contributed by atoms with Crippen LogP contribution in [0.2, 0.25) is 0 Å². The summed E-state index contributed by atoms with van der Waals surface area (Å²) in [5.41, 5.74) is 0. The van der Waals surface area contributed by atoms with Crippen LogP contribution in [0.5, 0.6) is 0 Å². The van der Waals surface area contributed by atoms with Gasteiger partial charge in [-0.15, -0.1) is 0 Å². The van der Waals surface area contributed by atoms with Crippen molar-refractivity contribution in [1.82, 2.24) is 0 Å². The van der Waals surface area contributed by atoms with E-state index in [1.165, 1.54) is 0 Å². The third-order valence-electron chi connectivity index (χ3n) is 1.99. The van der Waals surface area contributed by atoms with Crippen LogP contribution in [-0.4, -0.2) is 19.0 Å². The quantitative estimate of drug-likeness (QED) is 0.615. The van der Waals surface area contributed by atoms with Crippen LogP contribution in [0, 0.1) is 5.92 Å². The normalized spacial score (nSPS) is 13.4. The van der Waals surface area contributed by atoms with Crippen LogP contribution in [0.25, 0.3) is 0 Å². The van der Waals surface area contributed by atoms with Gasteiger partial charge in [0.15, 0.2) is 5.78 Å². The summed E-state index contributed by atoms with van der Waals surface area (Å²) >= 11 is 0. The van der Waals surface area contributed by atoms with Crippen molar-refractivity contribution in [1.29, 1.82) is 0 Å². The molecule has 0 bridgehead atoms. The van der Waals surface area contributed by atoms with Crippen LogP contribution in [0.1, 0.15) is 40.0 Å². The molecule has 0 radical (unpaired) electrons. The van der Waals surface area contributed by atoms with Gasteiger partial charge in [-0.05, 0) is 6.42 Å². The molecule has 0 aliphatic heterocycles. The molecule has 0 saturated heterocycles. The van der Waals surface area contributed by atoms with Crippen molar-refractivity contribution in [3.8, 4) is 0 Å². The number of carbonyl (C=O) groups excluding carboxylic acids is 1. The number of methoxy groups -OCH3 is 1. The molecule has 72 valence electrons. The van der Waals surface area contributed by atoms with E-state index in [1.54, 1.807) is 7.11 Å². The van der Waals surface area contributed by atoms with Gasteiger partial charge in [0.25, 0.3) is 0 Å². The Hall–Kier alpha value is -0.370. The molecule has 0 N–H and O–H groups in total. The molecule has 0 spiro atoms. The molecule has 0 amide bonds. The first-order valence-corrected chi connectivity index (χ1v) is 4.70. The van der Waals surface area contributed by atoms with Crippen LogP contribution in [0.3, 0.4) is 0 Å². The number of ketones is 1. The minimum Gasteiger partial charge on any atom is -0.374 e. The molecule has 0 fully saturated rings. The fraction of sp³-hybridized carbons (Fsp3) is 0.900. The molecule has 1 unspecified atom stereocenters.